The lowest BCUT2D eigenvalue weighted by Crippen LogP contribution is -2.30. The molecule has 0 bridgehead atoms. The molecule has 3 heteroatoms. The van der Waals surface area contributed by atoms with E-state index in [0.717, 1.165) is 13.1 Å². The predicted molar refractivity (Wildman–Crippen MR) is 60.4 cm³/mol. The average molecular weight is 213 g/mol. The monoisotopic (exact) mass is 212 g/mol. The van der Waals surface area contributed by atoms with Gasteiger partial charge in [0.25, 0.3) is 0 Å². The van der Waals surface area contributed by atoms with Gasteiger partial charge in [0.1, 0.15) is 0 Å². The molecule has 0 aliphatic rings. The largest absolute Gasteiger partial charge is 0.312 e. The summed E-state index contributed by atoms with van der Waals surface area (Å²) in [5.74, 6) is 0.677. The molecule has 0 saturated heterocycles. The summed E-state index contributed by atoms with van der Waals surface area (Å²) in [4.78, 5) is 3.97. The zero-order valence-corrected chi connectivity index (χ0v) is 9.51. The van der Waals surface area contributed by atoms with Crippen molar-refractivity contribution in [2.24, 2.45) is 5.41 Å². The Morgan fingerprint density at radius 1 is 1.36 bits per heavy atom. The fraction of sp³-hybridized carbons (Fsp3) is 0.545. The smallest absolute Gasteiger partial charge is 0.0286 e. The van der Waals surface area contributed by atoms with Crippen molar-refractivity contribution in [1.29, 1.82) is 0 Å². The van der Waals surface area contributed by atoms with Crippen molar-refractivity contribution >= 4 is 11.6 Å². The first-order valence-corrected chi connectivity index (χ1v) is 5.33. The number of pyridine rings is 1. The molecule has 0 spiro atoms. The maximum atomic E-state index is 5.82. The number of rotatable bonds is 5. The minimum absolute atomic E-state index is 0.161. The lowest BCUT2D eigenvalue weighted by molar-refractivity contribution is 0.385. The number of hydrogen-bond acceptors (Lipinski definition) is 2. The van der Waals surface area contributed by atoms with E-state index < -0.39 is 0 Å². The van der Waals surface area contributed by atoms with E-state index in [1.54, 1.807) is 0 Å². The zero-order valence-electron chi connectivity index (χ0n) is 8.76. The minimum atomic E-state index is 0.161. The molecule has 2 nitrogen and oxygen atoms in total. The molecule has 1 N–H and O–H groups in total. The first-order chi connectivity index (χ1) is 6.64. The van der Waals surface area contributed by atoms with Gasteiger partial charge in [0.05, 0.1) is 0 Å². The van der Waals surface area contributed by atoms with Gasteiger partial charge in [0, 0.05) is 31.4 Å². The molecule has 0 fully saturated rings. The molecule has 1 heterocycles. The fourth-order valence-corrected chi connectivity index (χ4v) is 1.19. The van der Waals surface area contributed by atoms with Gasteiger partial charge in [-0.3, -0.25) is 4.98 Å². The van der Waals surface area contributed by atoms with Gasteiger partial charge in [-0.05, 0) is 23.1 Å². The molecule has 0 unspecified atom stereocenters. The Morgan fingerprint density at radius 2 is 2.00 bits per heavy atom. The highest BCUT2D eigenvalue weighted by Crippen LogP contribution is 2.15. The molecule has 0 radical (unpaired) electrons. The molecular formula is C11H17ClN2. The fourth-order valence-electron chi connectivity index (χ4n) is 1.09. The summed E-state index contributed by atoms with van der Waals surface area (Å²) in [6.07, 6.45) is 3.62. The normalized spacial score (nSPS) is 11.6. The average Bonchev–Trinajstić information content (AvgIpc) is 2.19. The lowest BCUT2D eigenvalue weighted by Gasteiger charge is -2.21. The van der Waals surface area contributed by atoms with Crippen molar-refractivity contribution < 1.29 is 0 Å². The summed E-state index contributed by atoms with van der Waals surface area (Å²) in [7, 11) is 0. The molecule has 0 aliphatic carbocycles. The van der Waals surface area contributed by atoms with Gasteiger partial charge >= 0.3 is 0 Å². The molecular weight excluding hydrogens is 196 g/mol. The second kappa shape index (κ2) is 5.32. The molecule has 0 aromatic carbocycles. The molecule has 78 valence electrons. The predicted octanol–water partition coefficient (Wildman–Crippen LogP) is 2.44. The third kappa shape index (κ3) is 4.07. The third-order valence-electron chi connectivity index (χ3n) is 2.04. The van der Waals surface area contributed by atoms with Gasteiger partial charge in [-0.15, -0.1) is 11.6 Å². The van der Waals surface area contributed by atoms with E-state index in [1.165, 1.54) is 5.56 Å². The van der Waals surface area contributed by atoms with E-state index in [-0.39, 0.29) is 5.41 Å². The molecule has 1 aromatic rings. The standard InChI is InChI=1S/C11H17ClN2/c1-11(2,8-12)9-14-7-10-3-5-13-6-4-10/h3-6,14H,7-9H2,1-2H3. The van der Waals surface area contributed by atoms with E-state index in [4.69, 9.17) is 11.6 Å². The highest BCUT2D eigenvalue weighted by molar-refractivity contribution is 6.18. The molecule has 14 heavy (non-hydrogen) atoms. The van der Waals surface area contributed by atoms with Gasteiger partial charge in [-0.1, -0.05) is 13.8 Å². The van der Waals surface area contributed by atoms with E-state index in [9.17, 15) is 0 Å². The Balaban J connectivity index is 2.29. The maximum absolute atomic E-state index is 5.82. The van der Waals surface area contributed by atoms with Gasteiger partial charge in [0.15, 0.2) is 0 Å². The first-order valence-electron chi connectivity index (χ1n) is 4.80. The highest BCUT2D eigenvalue weighted by atomic mass is 35.5. The molecule has 0 atom stereocenters. The second-order valence-electron chi connectivity index (χ2n) is 4.26. The summed E-state index contributed by atoms with van der Waals surface area (Å²) in [5.41, 5.74) is 1.42. The van der Waals surface area contributed by atoms with E-state index >= 15 is 0 Å². The number of nitrogens with one attached hydrogen (secondary N) is 1. The van der Waals surface area contributed by atoms with Crippen LogP contribution in [0.2, 0.25) is 0 Å². The van der Waals surface area contributed by atoms with Gasteiger partial charge in [0.2, 0.25) is 0 Å². The van der Waals surface area contributed by atoms with Crippen molar-refractivity contribution in [3.63, 3.8) is 0 Å². The number of halogens is 1. The Labute approximate surface area is 90.7 Å². The number of alkyl halides is 1. The van der Waals surface area contributed by atoms with Crippen LogP contribution in [0.3, 0.4) is 0 Å². The highest BCUT2D eigenvalue weighted by Gasteiger charge is 2.14. The Morgan fingerprint density at radius 3 is 2.57 bits per heavy atom. The summed E-state index contributed by atoms with van der Waals surface area (Å²) >= 11 is 5.82. The van der Waals surface area contributed by atoms with Crippen molar-refractivity contribution in [2.45, 2.75) is 20.4 Å². The topological polar surface area (TPSA) is 24.9 Å². The van der Waals surface area contributed by atoms with Crippen molar-refractivity contribution in [3.05, 3.63) is 30.1 Å². The van der Waals surface area contributed by atoms with Crippen LogP contribution in [0.4, 0.5) is 0 Å². The van der Waals surface area contributed by atoms with Crippen LogP contribution in [-0.2, 0) is 6.54 Å². The van der Waals surface area contributed by atoms with Crippen LogP contribution in [0.5, 0.6) is 0 Å². The maximum Gasteiger partial charge on any atom is 0.0286 e. The molecule has 0 amide bonds. The molecule has 1 aromatic heterocycles. The first kappa shape index (κ1) is 11.5. The van der Waals surface area contributed by atoms with Crippen LogP contribution in [-0.4, -0.2) is 17.4 Å². The van der Waals surface area contributed by atoms with Crippen LogP contribution in [0.25, 0.3) is 0 Å². The van der Waals surface area contributed by atoms with Gasteiger partial charge in [-0.2, -0.15) is 0 Å². The quantitative estimate of drug-likeness (QED) is 0.759. The zero-order chi connectivity index (χ0) is 10.4. The summed E-state index contributed by atoms with van der Waals surface area (Å²) in [5, 5.41) is 3.38. The van der Waals surface area contributed by atoms with Crippen LogP contribution in [0, 0.1) is 5.41 Å². The third-order valence-corrected chi connectivity index (χ3v) is 2.77. The van der Waals surface area contributed by atoms with Gasteiger partial charge in [-0.25, -0.2) is 0 Å². The van der Waals surface area contributed by atoms with E-state index in [2.05, 4.69) is 24.1 Å². The number of nitrogens with zero attached hydrogens (tertiary/aromatic N) is 1. The number of hydrogen-bond donors (Lipinski definition) is 1. The molecule has 0 aliphatic heterocycles. The second-order valence-corrected chi connectivity index (χ2v) is 4.52. The van der Waals surface area contributed by atoms with Crippen LogP contribution < -0.4 is 5.32 Å². The summed E-state index contributed by atoms with van der Waals surface area (Å²) in [6, 6.07) is 4.03. The van der Waals surface area contributed by atoms with Crippen molar-refractivity contribution in [1.82, 2.24) is 10.3 Å². The Hall–Kier alpha value is -0.600. The van der Waals surface area contributed by atoms with Gasteiger partial charge < -0.3 is 5.32 Å². The number of aromatic nitrogens is 1. The van der Waals surface area contributed by atoms with E-state index in [0.29, 0.717) is 5.88 Å². The Kier molecular flexibility index (Phi) is 4.36. The van der Waals surface area contributed by atoms with E-state index in [1.807, 2.05) is 24.5 Å². The van der Waals surface area contributed by atoms with Crippen molar-refractivity contribution in [3.8, 4) is 0 Å². The van der Waals surface area contributed by atoms with Crippen LogP contribution >= 0.6 is 11.6 Å². The lowest BCUT2D eigenvalue weighted by atomic mass is 9.96. The molecule has 1 rings (SSSR count). The van der Waals surface area contributed by atoms with Crippen LogP contribution in [0.15, 0.2) is 24.5 Å². The molecule has 0 saturated carbocycles. The summed E-state index contributed by atoms with van der Waals surface area (Å²) in [6.45, 7) is 6.11. The SMILES string of the molecule is CC(C)(CCl)CNCc1ccncc1. The summed E-state index contributed by atoms with van der Waals surface area (Å²) < 4.78 is 0. The van der Waals surface area contributed by atoms with Crippen LogP contribution in [0.1, 0.15) is 19.4 Å². The minimum Gasteiger partial charge on any atom is -0.312 e. The Bertz CT molecular complexity index is 259. The van der Waals surface area contributed by atoms with Crippen molar-refractivity contribution in [2.75, 3.05) is 12.4 Å².